The minimum atomic E-state index is 0. The average Bonchev–Trinajstić information content (AvgIpc) is 2.97. The van der Waals surface area contributed by atoms with Crippen molar-refractivity contribution in [2.24, 2.45) is 0 Å². The molecule has 3 aromatic carbocycles. The van der Waals surface area contributed by atoms with Crippen molar-refractivity contribution in [3.8, 4) is 33.6 Å². The minimum absolute atomic E-state index is 0. The fourth-order valence-electron chi connectivity index (χ4n) is 5.35. The summed E-state index contributed by atoms with van der Waals surface area (Å²) in [6.45, 7) is 11.5. The van der Waals surface area contributed by atoms with Crippen LogP contribution in [0.3, 0.4) is 0 Å². The predicted octanol–water partition coefficient (Wildman–Crippen LogP) is 9.42. The molecule has 6 rings (SSSR count). The second-order valence-corrected chi connectivity index (χ2v) is 11.7. The van der Waals surface area contributed by atoms with Crippen LogP contribution in [0.1, 0.15) is 57.2 Å². The number of hydrogen-bond donors (Lipinski definition) is 0. The van der Waals surface area contributed by atoms with Crippen molar-refractivity contribution in [1.29, 1.82) is 0 Å². The smallest absolute Gasteiger partial charge is 0.0166 e. The van der Waals surface area contributed by atoms with E-state index in [0.717, 1.165) is 22.5 Å². The number of fused-ring (bicyclic) bond motifs is 1. The van der Waals surface area contributed by atoms with Crippen LogP contribution in [0.15, 0.2) is 103 Å². The number of hydrogen-bond acceptors (Lipinski definition) is 2. The van der Waals surface area contributed by atoms with E-state index >= 15 is 0 Å². The molecule has 0 unspecified atom stereocenters. The van der Waals surface area contributed by atoms with E-state index in [1.807, 2.05) is 48.8 Å². The van der Waals surface area contributed by atoms with E-state index in [4.69, 9.17) is 0 Å². The first kappa shape index (κ1) is 29.6. The number of benzene rings is 3. The fourth-order valence-corrected chi connectivity index (χ4v) is 5.35. The first-order valence-corrected chi connectivity index (χ1v) is 13.7. The number of rotatable bonds is 3. The van der Waals surface area contributed by atoms with Gasteiger partial charge in [0.05, 0.1) is 0 Å². The molecule has 0 fully saturated rings. The van der Waals surface area contributed by atoms with Crippen LogP contribution in [0.25, 0.3) is 33.6 Å². The first-order chi connectivity index (χ1) is 18.7. The SMILES string of the molecule is CC1(C)CCC(C)(C)c2cc(-c3cc(-c4ccccc4)ccn3)[c-]cc21.Cc1cccnc1-c1[c-]cccc1.[Ir]. The molecule has 0 aliphatic heterocycles. The predicted molar refractivity (Wildman–Crippen MR) is 162 cm³/mol. The molecule has 0 bridgehead atoms. The number of aryl methyl sites for hydroxylation is 1. The molecule has 1 radical (unpaired) electrons. The molecule has 1 aliphatic rings. The first-order valence-electron chi connectivity index (χ1n) is 13.7. The van der Waals surface area contributed by atoms with Crippen molar-refractivity contribution >= 4 is 0 Å². The van der Waals surface area contributed by atoms with Crippen molar-refractivity contribution in [3.05, 3.63) is 132 Å². The molecule has 40 heavy (non-hydrogen) atoms. The zero-order valence-corrected chi connectivity index (χ0v) is 26.4. The van der Waals surface area contributed by atoms with Crippen LogP contribution in [0.5, 0.6) is 0 Å². The number of pyridine rings is 2. The van der Waals surface area contributed by atoms with Gasteiger partial charge in [0.2, 0.25) is 0 Å². The number of aromatic nitrogens is 2. The van der Waals surface area contributed by atoms with E-state index in [0.29, 0.717) is 0 Å². The molecule has 5 aromatic rings. The quantitative estimate of drug-likeness (QED) is 0.175. The van der Waals surface area contributed by atoms with Gasteiger partial charge < -0.3 is 9.97 Å². The molecule has 0 saturated heterocycles. The standard InChI is InChI=1S/C25H26N.C12H10N.Ir/c1-24(2)13-14-25(3,4)22-16-20(10-11-21(22)24)23-17-19(12-15-26-23)18-8-6-5-7-9-18;1-10-6-5-9-13-12(10)11-7-3-2-4-8-11;/h5-9,11-12,15-17H,13-14H2,1-4H3;2-7,9H,1H3;/q2*-1;. The van der Waals surface area contributed by atoms with Crippen LogP contribution in [-0.4, -0.2) is 9.97 Å². The van der Waals surface area contributed by atoms with Crippen LogP contribution in [0.2, 0.25) is 0 Å². The molecular weight excluding hydrogens is 665 g/mol. The molecular formula is C37H36IrN2-2. The zero-order valence-electron chi connectivity index (χ0n) is 24.0. The summed E-state index contributed by atoms with van der Waals surface area (Å²) in [5, 5.41) is 0. The maximum absolute atomic E-state index is 4.64. The largest absolute Gasteiger partial charge is 0.305 e. The Balaban J connectivity index is 0.000000223. The van der Waals surface area contributed by atoms with E-state index in [1.165, 1.54) is 40.7 Å². The Hall–Kier alpha value is -3.39. The third-order valence-electron chi connectivity index (χ3n) is 7.90. The molecule has 1 aliphatic carbocycles. The molecule has 205 valence electrons. The molecule has 3 heteroatoms. The normalized spacial score (nSPS) is 14.6. The molecule has 0 saturated carbocycles. The maximum Gasteiger partial charge on any atom is 0.0166 e. The summed E-state index contributed by atoms with van der Waals surface area (Å²) < 4.78 is 0. The summed E-state index contributed by atoms with van der Waals surface area (Å²) in [5.74, 6) is 0. The summed E-state index contributed by atoms with van der Waals surface area (Å²) >= 11 is 0. The maximum atomic E-state index is 4.64. The Morgan fingerprint density at radius 3 is 2.08 bits per heavy atom. The molecule has 2 nitrogen and oxygen atoms in total. The summed E-state index contributed by atoms with van der Waals surface area (Å²) in [6, 6.07) is 37.8. The van der Waals surface area contributed by atoms with E-state index < -0.39 is 0 Å². The van der Waals surface area contributed by atoms with Crippen molar-refractivity contribution < 1.29 is 20.1 Å². The van der Waals surface area contributed by atoms with E-state index in [-0.39, 0.29) is 30.9 Å². The van der Waals surface area contributed by atoms with Gasteiger partial charge in [-0.1, -0.05) is 82.1 Å². The number of nitrogens with zero attached hydrogens (tertiary/aromatic N) is 2. The average molecular weight is 701 g/mol. The Kier molecular flexibility index (Phi) is 9.19. The Morgan fingerprint density at radius 2 is 1.38 bits per heavy atom. The van der Waals surface area contributed by atoms with Crippen LogP contribution in [-0.2, 0) is 30.9 Å². The van der Waals surface area contributed by atoms with E-state index in [2.05, 4.69) is 111 Å². The van der Waals surface area contributed by atoms with Crippen molar-refractivity contribution in [1.82, 2.24) is 9.97 Å². The van der Waals surface area contributed by atoms with Gasteiger partial charge in [-0.2, -0.15) is 0 Å². The van der Waals surface area contributed by atoms with Crippen molar-refractivity contribution in [2.75, 3.05) is 0 Å². The second kappa shape index (κ2) is 12.4. The van der Waals surface area contributed by atoms with Crippen LogP contribution in [0.4, 0.5) is 0 Å². The van der Waals surface area contributed by atoms with Gasteiger partial charge in [0.25, 0.3) is 0 Å². The zero-order chi connectivity index (χ0) is 27.5. The van der Waals surface area contributed by atoms with Gasteiger partial charge in [-0.15, -0.1) is 70.8 Å². The van der Waals surface area contributed by atoms with E-state index in [9.17, 15) is 0 Å². The van der Waals surface area contributed by atoms with Crippen LogP contribution >= 0.6 is 0 Å². The van der Waals surface area contributed by atoms with Gasteiger partial charge in [-0.3, -0.25) is 0 Å². The summed E-state index contributed by atoms with van der Waals surface area (Å²) in [4.78, 5) is 8.95. The molecule has 0 amide bonds. The summed E-state index contributed by atoms with van der Waals surface area (Å²) in [6.07, 6.45) is 6.15. The van der Waals surface area contributed by atoms with Gasteiger partial charge in [0.1, 0.15) is 0 Å². The van der Waals surface area contributed by atoms with Crippen molar-refractivity contribution in [3.63, 3.8) is 0 Å². The molecule has 2 aromatic heterocycles. The van der Waals surface area contributed by atoms with Gasteiger partial charge in [-0.05, 0) is 58.8 Å². The Bertz CT molecular complexity index is 1560. The second-order valence-electron chi connectivity index (χ2n) is 11.7. The van der Waals surface area contributed by atoms with Crippen molar-refractivity contribution in [2.45, 2.75) is 58.3 Å². The topological polar surface area (TPSA) is 25.8 Å². The molecule has 0 N–H and O–H groups in total. The van der Waals surface area contributed by atoms with Gasteiger partial charge in [0, 0.05) is 32.5 Å². The summed E-state index contributed by atoms with van der Waals surface area (Å²) in [7, 11) is 0. The van der Waals surface area contributed by atoms with Gasteiger partial charge >= 0.3 is 0 Å². The minimum Gasteiger partial charge on any atom is -0.305 e. The Morgan fingerprint density at radius 1 is 0.650 bits per heavy atom. The van der Waals surface area contributed by atoms with E-state index in [1.54, 1.807) is 0 Å². The third-order valence-corrected chi connectivity index (χ3v) is 7.90. The molecule has 2 heterocycles. The summed E-state index contributed by atoms with van der Waals surface area (Å²) in [5.41, 5.74) is 11.1. The fraction of sp³-hybridized carbons (Fsp3) is 0.243. The van der Waals surface area contributed by atoms with Gasteiger partial charge in [0.15, 0.2) is 0 Å². The monoisotopic (exact) mass is 701 g/mol. The van der Waals surface area contributed by atoms with Gasteiger partial charge in [-0.25, -0.2) is 0 Å². The third kappa shape index (κ3) is 6.49. The molecule has 0 atom stereocenters. The van der Waals surface area contributed by atoms with Crippen LogP contribution in [0, 0.1) is 19.1 Å². The molecule has 0 spiro atoms. The Labute approximate surface area is 253 Å². The van der Waals surface area contributed by atoms with Crippen LogP contribution < -0.4 is 0 Å².